The number of allylic oxidation sites excluding steroid dienone is 1. The van der Waals surface area contributed by atoms with E-state index in [4.69, 9.17) is 0 Å². The summed E-state index contributed by atoms with van der Waals surface area (Å²) < 4.78 is 12.8. The lowest BCUT2D eigenvalue weighted by molar-refractivity contribution is 0.312. The van der Waals surface area contributed by atoms with Gasteiger partial charge in [-0.15, -0.1) is 0 Å². The first-order valence-electron chi connectivity index (χ1n) is 6.60. The number of benzene rings is 1. The zero-order valence-electron chi connectivity index (χ0n) is 10.7. The Kier molecular flexibility index (Phi) is 3.98. The standard InChI is InChI=1S/C16H21F/c1-12(2)15-7-3-13(4-8-15)11-14-5-9-16(17)10-6-14/h5-6,9-12,15H,3-4,7-8H2,1-2H3. The quantitative estimate of drug-likeness (QED) is 0.669. The summed E-state index contributed by atoms with van der Waals surface area (Å²) in [4.78, 5) is 0. The van der Waals surface area contributed by atoms with Crippen LogP contribution >= 0.6 is 0 Å². The number of rotatable bonds is 2. The Balaban J connectivity index is 1.98. The van der Waals surface area contributed by atoms with Crippen LogP contribution in [0.1, 0.15) is 45.1 Å². The lowest BCUT2D eigenvalue weighted by Crippen LogP contribution is -2.13. The fourth-order valence-electron chi connectivity index (χ4n) is 2.62. The van der Waals surface area contributed by atoms with Crippen molar-refractivity contribution in [2.75, 3.05) is 0 Å². The first-order valence-corrected chi connectivity index (χ1v) is 6.60. The smallest absolute Gasteiger partial charge is 0.123 e. The Morgan fingerprint density at radius 2 is 1.71 bits per heavy atom. The van der Waals surface area contributed by atoms with Crippen LogP contribution in [0.25, 0.3) is 6.08 Å². The highest BCUT2D eigenvalue weighted by atomic mass is 19.1. The molecule has 0 nitrogen and oxygen atoms in total. The molecule has 0 radical (unpaired) electrons. The van der Waals surface area contributed by atoms with Crippen molar-refractivity contribution in [3.63, 3.8) is 0 Å². The van der Waals surface area contributed by atoms with Crippen LogP contribution in [0.15, 0.2) is 29.8 Å². The van der Waals surface area contributed by atoms with Gasteiger partial charge in [-0.05, 0) is 55.2 Å². The summed E-state index contributed by atoms with van der Waals surface area (Å²) in [7, 11) is 0. The molecule has 0 atom stereocenters. The molecule has 1 heteroatoms. The second kappa shape index (κ2) is 5.48. The van der Waals surface area contributed by atoms with Gasteiger partial charge in [-0.1, -0.05) is 37.6 Å². The van der Waals surface area contributed by atoms with Crippen LogP contribution in [-0.2, 0) is 0 Å². The molecular weight excluding hydrogens is 211 g/mol. The van der Waals surface area contributed by atoms with Gasteiger partial charge >= 0.3 is 0 Å². The van der Waals surface area contributed by atoms with E-state index < -0.39 is 0 Å². The van der Waals surface area contributed by atoms with Crippen LogP contribution in [0, 0.1) is 17.7 Å². The molecule has 0 spiro atoms. The molecule has 0 saturated heterocycles. The van der Waals surface area contributed by atoms with E-state index in [1.807, 2.05) is 12.1 Å². The molecule has 1 aromatic carbocycles. The van der Waals surface area contributed by atoms with Crippen molar-refractivity contribution >= 4 is 6.08 Å². The van der Waals surface area contributed by atoms with Gasteiger partial charge in [0, 0.05) is 0 Å². The molecule has 0 heterocycles. The number of hydrogen-bond donors (Lipinski definition) is 0. The summed E-state index contributed by atoms with van der Waals surface area (Å²) in [6, 6.07) is 6.78. The van der Waals surface area contributed by atoms with Gasteiger partial charge in [-0.25, -0.2) is 4.39 Å². The summed E-state index contributed by atoms with van der Waals surface area (Å²) >= 11 is 0. The topological polar surface area (TPSA) is 0 Å². The summed E-state index contributed by atoms with van der Waals surface area (Å²) in [5, 5.41) is 0. The summed E-state index contributed by atoms with van der Waals surface area (Å²) in [6.07, 6.45) is 7.27. The van der Waals surface area contributed by atoms with Crippen LogP contribution in [-0.4, -0.2) is 0 Å². The van der Waals surface area contributed by atoms with Gasteiger partial charge in [-0.2, -0.15) is 0 Å². The Morgan fingerprint density at radius 3 is 2.24 bits per heavy atom. The molecule has 1 fully saturated rings. The van der Waals surface area contributed by atoms with Crippen molar-refractivity contribution in [2.45, 2.75) is 39.5 Å². The Morgan fingerprint density at radius 1 is 1.12 bits per heavy atom. The molecule has 0 unspecified atom stereocenters. The largest absolute Gasteiger partial charge is 0.207 e. The van der Waals surface area contributed by atoms with Crippen LogP contribution < -0.4 is 0 Å². The Bertz CT molecular complexity index is 376. The highest BCUT2D eigenvalue weighted by Gasteiger charge is 2.18. The zero-order valence-corrected chi connectivity index (χ0v) is 10.7. The molecule has 0 aromatic heterocycles. The Hall–Kier alpha value is -1.11. The molecule has 0 bridgehead atoms. The minimum absolute atomic E-state index is 0.157. The highest BCUT2D eigenvalue weighted by Crippen LogP contribution is 2.33. The maximum Gasteiger partial charge on any atom is 0.123 e. The summed E-state index contributed by atoms with van der Waals surface area (Å²) in [5.41, 5.74) is 2.65. The first-order chi connectivity index (χ1) is 8.15. The maximum atomic E-state index is 12.8. The molecule has 1 aliphatic carbocycles. The average molecular weight is 232 g/mol. The minimum Gasteiger partial charge on any atom is -0.207 e. The van der Waals surface area contributed by atoms with E-state index in [0.717, 1.165) is 17.4 Å². The third kappa shape index (κ3) is 3.42. The third-order valence-electron chi connectivity index (χ3n) is 3.86. The molecular formula is C16H21F. The van der Waals surface area contributed by atoms with E-state index in [1.165, 1.54) is 43.4 Å². The van der Waals surface area contributed by atoms with Gasteiger partial charge in [0.2, 0.25) is 0 Å². The predicted molar refractivity (Wildman–Crippen MR) is 71.2 cm³/mol. The second-order valence-electron chi connectivity index (χ2n) is 5.44. The van der Waals surface area contributed by atoms with E-state index in [-0.39, 0.29) is 5.82 Å². The fraction of sp³-hybridized carbons (Fsp3) is 0.500. The van der Waals surface area contributed by atoms with E-state index in [2.05, 4.69) is 19.9 Å². The van der Waals surface area contributed by atoms with Crippen molar-refractivity contribution in [3.8, 4) is 0 Å². The van der Waals surface area contributed by atoms with Crippen LogP contribution in [0.4, 0.5) is 4.39 Å². The molecule has 1 aromatic rings. The van der Waals surface area contributed by atoms with Crippen molar-refractivity contribution in [2.24, 2.45) is 11.8 Å². The maximum absolute atomic E-state index is 12.8. The molecule has 17 heavy (non-hydrogen) atoms. The first kappa shape index (κ1) is 12.3. The van der Waals surface area contributed by atoms with E-state index in [9.17, 15) is 4.39 Å². The van der Waals surface area contributed by atoms with Crippen molar-refractivity contribution < 1.29 is 4.39 Å². The normalized spacial score (nSPS) is 20.7. The van der Waals surface area contributed by atoms with E-state index >= 15 is 0 Å². The molecule has 2 rings (SSSR count). The van der Waals surface area contributed by atoms with Crippen molar-refractivity contribution in [1.82, 2.24) is 0 Å². The average Bonchev–Trinajstić information content (AvgIpc) is 2.33. The molecule has 0 aliphatic heterocycles. The van der Waals surface area contributed by atoms with Crippen LogP contribution in [0.2, 0.25) is 0 Å². The molecule has 0 amide bonds. The van der Waals surface area contributed by atoms with Crippen molar-refractivity contribution in [3.05, 3.63) is 41.2 Å². The zero-order chi connectivity index (χ0) is 12.3. The third-order valence-corrected chi connectivity index (χ3v) is 3.86. The lowest BCUT2D eigenvalue weighted by Gasteiger charge is -2.27. The van der Waals surface area contributed by atoms with Gasteiger partial charge in [0.1, 0.15) is 5.82 Å². The summed E-state index contributed by atoms with van der Waals surface area (Å²) in [5.74, 6) is 1.54. The Labute approximate surface area is 104 Å². The second-order valence-corrected chi connectivity index (χ2v) is 5.44. The van der Waals surface area contributed by atoms with Gasteiger partial charge < -0.3 is 0 Å². The van der Waals surface area contributed by atoms with Gasteiger partial charge in [0.05, 0.1) is 0 Å². The molecule has 1 saturated carbocycles. The minimum atomic E-state index is -0.157. The lowest BCUT2D eigenvalue weighted by atomic mass is 9.79. The van der Waals surface area contributed by atoms with Gasteiger partial charge in [-0.3, -0.25) is 0 Å². The summed E-state index contributed by atoms with van der Waals surface area (Å²) in [6.45, 7) is 4.64. The van der Waals surface area contributed by atoms with Crippen molar-refractivity contribution in [1.29, 1.82) is 0 Å². The predicted octanol–water partition coefficient (Wildman–Crippen LogP) is 5.06. The monoisotopic (exact) mass is 232 g/mol. The van der Waals surface area contributed by atoms with Gasteiger partial charge in [0.15, 0.2) is 0 Å². The SMILES string of the molecule is CC(C)C1CCC(=Cc2ccc(F)cc2)CC1. The number of halogens is 1. The number of hydrogen-bond acceptors (Lipinski definition) is 0. The molecule has 92 valence electrons. The van der Waals surface area contributed by atoms with Gasteiger partial charge in [0.25, 0.3) is 0 Å². The molecule has 0 N–H and O–H groups in total. The highest BCUT2D eigenvalue weighted by molar-refractivity contribution is 5.52. The van der Waals surface area contributed by atoms with E-state index in [1.54, 1.807) is 0 Å². The molecule has 1 aliphatic rings. The van der Waals surface area contributed by atoms with E-state index in [0.29, 0.717) is 0 Å². The fourth-order valence-corrected chi connectivity index (χ4v) is 2.62. The van der Waals surface area contributed by atoms with Crippen LogP contribution in [0.5, 0.6) is 0 Å². The van der Waals surface area contributed by atoms with Crippen LogP contribution in [0.3, 0.4) is 0 Å².